The first-order valence-electron chi connectivity index (χ1n) is 8.67. The Labute approximate surface area is 148 Å². The van der Waals surface area contributed by atoms with Gasteiger partial charge in [-0.3, -0.25) is 9.59 Å². The van der Waals surface area contributed by atoms with Gasteiger partial charge in [0.05, 0.1) is 11.3 Å². The van der Waals surface area contributed by atoms with Crippen molar-refractivity contribution in [1.29, 1.82) is 0 Å². The second-order valence-electron chi connectivity index (χ2n) is 6.12. The number of nitrogens with two attached hydrogens (primary N) is 1. The van der Waals surface area contributed by atoms with Gasteiger partial charge in [-0.15, -0.1) is 11.8 Å². The minimum atomic E-state index is -0.382. The van der Waals surface area contributed by atoms with Crippen LogP contribution in [0.15, 0.2) is 29.2 Å². The van der Waals surface area contributed by atoms with Gasteiger partial charge in [0.2, 0.25) is 5.91 Å². The number of carbonyl (C=O) groups is 2. The first-order chi connectivity index (χ1) is 11.7. The molecule has 1 heterocycles. The zero-order valence-corrected chi connectivity index (χ0v) is 14.9. The molecular formula is C18H27N3O2S. The maximum absolute atomic E-state index is 12.4. The van der Waals surface area contributed by atoms with E-state index in [1.807, 2.05) is 18.2 Å². The Morgan fingerprint density at radius 2 is 1.83 bits per heavy atom. The van der Waals surface area contributed by atoms with E-state index in [1.165, 1.54) is 50.5 Å². The van der Waals surface area contributed by atoms with Gasteiger partial charge in [0.15, 0.2) is 0 Å². The lowest BCUT2D eigenvalue weighted by atomic mass is 10.2. The number of hydrogen-bond acceptors (Lipinski definition) is 4. The van der Waals surface area contributed by atoms with Gasteiger partial charge in [0.1, 0.15) is 0 Å². The summed E-state index contributed by atoms with van der Waals surface area (Å²) in [7, 11) is 0. The molecule has 1 saturated heterocycles. The molecule has 1 fully saturated rings. The molecule has 1 aromatic carbocycles. The number of primary amides is 1. The van der Waals surface area contributed by atoms with Gasteiger partial charge < -0.3 is 16.0 Å². The van der Waals surface area contributed by atoms with Crippen molar-refractivity contribution in [3.8, 4) is 0 Å². The Bertz CT molecular complexity index is 543. The molecule has 0 radical (unpaired) electrons. The van der Waals surface area contributed by atoms with E-state index in [0.29, 0.717) is 12.1 Å². The average molecular weight is 350 g/mol. The van der Waals surface area contributed by atoms with Crippen molar-refractivity contribution in [2.75, 3.05) is 31.9 Å². The van der Waals surface area contributed by atoms with Crippen molar-refractivity contribution in [1.82, 2.24) is 10.2 Å². The fourth-order valence-electron chi connectivity index (χ4n) is 2.89. The molecule has 2 rings (SSSR count). The number of likely N-dealkylation sites (tertiary alicyclic amines) is 1. The smallest absolute Gasteiger partial charge is 0.252 e. The zero-order valence-electron chi connectivity index (χ0n) is 14.1. The van der Waals surface area contributed by atoms with Gasteiger partial charge in [0.25, 0.3) is 5.91 Å². The van der Waals surface area contributed by atoms with Crippen molar-refractivity contribution in [3.63, 3.8) is 0 Å². The van der Waals surface area contributed by atoms with E-state index in [0.717, 1.165) is 17.9 Å². The second kappa shape index (κ2) is 10.4. The molecule has 6 heteroatoms. The Hall–Kier alpha value is -1.53. The molecule has 5 nitrogen and oxygen atoms in total. The molecule has 1 aliphatic rings. The van der Waals surface area contributed by atoms with Gasteiger partial charge in [0, 0.05) is 11.4 Å². The molecule has 132 valence electrons. The highest BCUT2D eigenvalue weighted by atomic mass is 32.2. The summed E-state index contributed by atoms with van der Waals surface area (Å²) in [6.45, 7) is 4.07. The van der Waals surface area contributed by atoms with Crippen molar-refractivity contribution < 1.29 is 9.59 Å². The molecule has 1 aromatic rings. The number of carbonyl (C=O) groups excluding carboxylic acids is 2. The number of nitrogens with one attached hydrogen (secondary N) is 1. The molecule has 0 spiro atoms. The van der Waals surface area contributed by atoms with Crippen molar-refractivity contribution in [2.24, 2.45) is 5.73 Å². The van der Waals surface area contributed by atoms with Crippen LogP contribution in [0.5, 0.6) is 0 Å². The van der Waals surface area contributed by atoms with Crippen LogP contribution in [0.2, 0.25) is 0 Å². The van der Waals surface area contributed by atoms with Crippen LogP contribution in [0, 0.1) is 0 Å². The Kier molecular flexibility index (Phi) is 8.12. The van der Waals surface area contributed by atoms with Gasteiger partial charge in [-0.2, -0.15) is 0 Å². The molecule has 3 N–H and O–H groups in total. The van der Waals surface area contributed by atoms with Crippen LogP contribution < -0.4 is 11.1 Å². The summed E-state index contributed by atoms with van der Waals surface area (Å²) in [4.78, 5) is 26.6. The quantitative estimate of drug-likeness (QED) is 0.558. The monoisotopic (exact) mass is 349 g/mol. The molecule has 0 saturated carbocycles. The minimum absolute atomic E-state index is 0.0848. The average Bonchev–Trinajstić information content (AvgIpc) is 2.85. The summed E-state index contributed by atoms with van der Waals surface area (Å²) in [6.07, 6.45) is 6.22. The van der Waals surface area contributed by atoms with Crippen molar-refractivity contribution >= 4 is 23.6 Å². The van der Waals surface area contributed by atoms with Gasteiger partial charge >= 0.3 is 0 Å². The predicted octanol–water partition coefficient (Wildman–Crippen LogP) is 2.26. The minimum Gasteiger partial charge on any atom is -0.369 e. The normalized spacial score (nSPS) is 15.7. The standard InChI is InChI=1S/C18H27N3O2S/c19-17(22)14-24-16-9-4-3-8-15(16)18(23)20-10-7-13-21-11-5-1-2-6-12-21/h3-4,8-9H,1-2,5-7,10-14H2,(H2,19,22)(H,20,23). The van der Waals surface area contributed by atoms with Crippen LogP contribution in [-0.4, -0.2) is 48.6 Å². The number of hydrogen-bond donors (Lipinski definition) is 2. The van der Waals surface area contributed by atoms with Crippen molar-refractivity contribution in [3.05, 3.63) is 29.8 Å². The maximum atomic E-state index is 12.4. The predicted molar refractivity (Wildman–Crippen MR) is 98.2 cm³/mol. The summed E-state index contributed by atoms with van der Waals surface area (Å²) in [6, 6.07) is 7.33. The van der Waals surface area contributed by atoms with Gasteiger partial charge in [-0.1, -0.05) is 25.0 Å². The SMILES string of the molecule is NC(=O)CSc1ccccc1C(=O)NCCCN1CCCCCC1. The lowest BCUT2D eigenvalue weighted by Gasteiger charge is -2.19. The number of rotatable bonds is 8. The largest absolute Gasteiger partial charge is 0.369 e. The Morgan fingerprint density at radius 1 is 1.12 bits per heavy atom. The molecule has 1 aliphatic heterocycles. The van der Waals surface area contributed by atoms with E-state index >= 15 is 0 Å². The zero-order chi connectivity index (χ0) is 17.2. The molecule has 0 atom stereocenters. The molecule has 0 aromatic heterocycles. The van der Waals surface area contributed by atoms with Crippen LogP contribution in [0.4, 0.5) is 0 Å². The molecule has 2 amide bonds. The highest BCUT2D eigenvalue weighted by molar-refractivity contribution is 8.00. The molecule has 24 heavy (non-hydrogen) atoms. The van der Waals surface area contributed by atoms with Crippen LogP contribution in [-0.2, 0) is 4.79 Å². The fraction of sp³-hybridized carbons (Fsp3) is 0.556. The topological polar surface area (TPSA) is 75.4 Å². The summed E-state index contributed by atoms with van der Waals surface area (Å²) < 4.78 is 0. The van der Waals surface area contributed by atoms with E-state index in [1.54, 1.807) is 6.07 Å². The van der Waals surface area contributed by atoms with Crippen molar-refractivity contribution in [2.45, 2.75) is 37.0 Å². The van der Waals surface area contributed by atoms with Crippen LogP contribution in [0.1, 0.15) is 42.5 Å². The number of nitrogens with zero attached hydrogens (tertiary/aromatic N) is 1. The number of thioether (sulfide) groups is 1. The molecule has 0 bridgehead atoms. The second-order valence-corrected chi connectivity index (χ2v) is 7.13. The first kappa shape index (κ1) is 18.8. The van der Waals surface area contributed by atoms with E-state index < -0.39 is 0 Å². The van der Waals surface area contributed by atoms with Crippen LogP contribution in [0.25, 0.3) is 0 Å². The third-order valence-corrected chi connectivity index (χ3v) is 5.23. The first-order valence-corrected chi connectivity index (χ1v) is 9.66. The fourth-order valence-corrected chi connectivity index (χ4v) is 3.68. The number of benzene rings is 1. The summed E-state index contributed by atoms with van der Waals surface area (Å²) >= 11 is 1.30. The van der Waals surface area contributed by atoms with E-state index in [9.17, 15) is 9.59 Å². The lowest BCUT2D eigenvalue weighted by molar-refractivity contribution is -0.115. The van der Waals surface area contributed by atoms with Crippen LogP contribution in [0.3, 0.4) is 0 Å². The molecule has 0 aliphatic carbocycles. The van der Waals surface area contributed by atoms with Crippen LogP contribution >= 0.6 is 11.8 Å². The highest BCUT2D eigenvalue weighted by Crippen LogP contribution is 2.22. The van der Waals surface area contributed by atoms with E-state index in [4.69, 9.17) is 5.73 Å². The molecular weight excluding hydrogens is 322 g/mol. The van der Waals surface area contributed by atoms with Gasteiger partial charge in [-0.25, -0.2) is 0 Å². The summed E-state index contributed by atoms with van der Waals surface area (Å²) in [5.74, 6) is -0.287. The molecule has 0 unspecified atom stereocenters. The Balaban J connectivity index is 1.76. The van der Waals surface area contributed by atoms with Gasteiger partial charge in [-0.05, 0) is 51.0 Å². The number of amides is 2. The summed E-state index contributed by atoms with van der Waals surface area (Å²) in [5, 5.41) is 2.99. The van der Waals surface area contributed by atoms with E-state index in [2.05, 4.69) is 10.2 Å². The third kappa shape index (κ3) is 6.53. The highest BCUT2D eigenvalue weighted by Gasteiger charge is 2.12. The summed E-state index contributed by atoms with van der Waals surface area (Å²) in [5.41, 5.74) is 5.79. The van der Waals surface area contributed by atoms with E-state index in [-0.39, 0.29) is 17.6 Å². The maximum Gasteiger partial charge on any atom is 0.252 e. The Morgan fingerprint density at radius 3 is 2.54 bits per heavy atom. The lowest BCUT2D eigenvalue weighted by Crippen LogP contribution is -2.30. The third-order valence-electron chi connectivity index (χ3n) is 4.14.